The molecule has 1 aliphatic rings. The molecular formula is C22H26N4O2. The van der Waals surface area contributed by atoms with Crippen molar-refractivity contribution in [3.8, 4) is 0 Å². The van der Waals surface area contributed by atoms with Crippen molar-refractivity contribution >= 4 is 29.3 Å². The molecule has 0 unspecified atom stereocenters. The number of nitrogens with zero attached hydrogens (tertiary/aromatic N) is 2. The maximum Gasteiger partial charge on any atom is 0.404 e. The molecule has 0 saturated heterocycles. The molecule has 3 rings (SSSR count). The number of carboxylic acid groups (broad SMARTS) is 1. The van der Waals surface area contributed by atoms with E-state index in [-0.39, 0.29) is 0 Å². The molecule has 0 atom stereocenters. The van der Waals surface area contributed by atoms with Crippen LogP contribution >= 0.6 is 0 Å². The lowest BCUT2D eigenvalue weighted by Crippen LogP contribution is -2.23. The van der Waals surface area contributed by atoms with Gasteiger partial charge in [-0.15, -0.1) is 0 Å². The van der Waals surface area contributed by atoms with Crippen molar-refractivity contribution in [1.29, 1.82) is 0 Å². The smallest absolute Gasteiger partial charge is 0.404 e. The summed E-state index contributed by atoms with van der Waals surface area (Å²) in [5.74, 6) is 0. The van der Waals surface area contributed by atoms with Crippen LogP contribution < -0.4 is 15.5 Å². The van der Waals surface area contributed by atoms with Gasteiger partial charge in [0.05, 0.1) is 12.3 Å². The summed E-state index contributed by atoms with van der Waals surface area (Å²) in [5.41, 5.74) is 5.50. The van der Waals surface area contributed by atoms with Crippen LogP contribution in [0.5, 0.6) is 0 Å². The lowest BCUT2D eigenvalue weighted by Gasteiger charge is -2.18. The SMILES string of the molecule is CN1CCN=C(/C=C/c2ccc(NCCCNC(=O)O)cc2)c2ccccc21. The number of benzodiazepines with no additional fused rings is 1. The predicted molar refractivity (Wildman–Crippen MR) is 116 cm³/mol. The molecule has 0 radical (unpaired) electrons. The van der Waals surface area contributed by atoms with Crippen molar-refractivity contribution in [3.05, 3.63) is 65.7 Å². The summed E-state index contributed by atoms with van der Waals surface area (Å²) in [5, 5.41) is 14.2. The number of nitrogens with one attached hydrogen (secondary N) is 2. The summed E-state index contributed by atoms with van der Waals surface area (Å²) >= 11 is 0. The molecule has 0 aliphatic carbocycles. The Labute approximate surface area is 165 Å². The van der Waals surface area contributed by atoms with Crippen LogP contribution in [0.3, 0.4) is 0 Å². The van der Waals surface area contributed by atoms with E-state index in [1.807, 2.05) is 18.2 Å². The largest absolute Gasteiger partial charge is 0.465 e. The number of fused-ring (bicyclic) bond motifs is 1. The fourth-order valence-corrected chi connectivity index (χ4v) is 3.10. The van der Waals surface area contributed by atoms with Crippen LogP contribution in [0.1, 0.15) is 17.5 Å². The van der Waals surface area contributed by atoms with Crippen molar-refractivity contribution in [1.82, 2.24) is 5.32 Å². The molecular weight excluding hydrogens is 352 g/mol. The van der Waals surface area contributed by atoms with Crippen LogP contribution in [0.2, 0.25) is 0 Å². The zero-order valence-electron chi connectivity index (χ0n) is 16.1. The van der Waals surface area contributed by atoms with Crippen LogP contribution in [0, 0.1) is 0 Å². The average molecular weight is 378 g/mol. The number of para-hydroxylation sites is 1. The number of hydrogen-bond acceptors (Lipinski definition) is 4. The molecule has 1 heterocycles. The minimum absolute atomic E-state index is 0.446. The summed E-state index contributed by atoms with van der Waals surface area (Å²) in [4.78, 5) is 17.4. The van der Waals surface area contributed by atoms with Crippen molar-refractivity contribution in [3.63, 3.8) is 0 Å². The molecule has 6 nitrogen and oxygen atoms in total. The lowest BCUT2D eigenvalue weighted by atomic mass is 10.1. The van der Waals surface area contributed by atoms with Gasteiger partial charge in [0.15, 0.2) is 0 Å². The van der Waals surface area contributed by atoms with Crippen molar-refractivity contribution in [2.45, 2.75) is 6.42 Å². The van der Waals surface area contributed by atoms with Crippen LogP contribution in [-0.4, -0.2) is 50.1 Å². The highest BCUT2D eigenvalue weighted by Crippen LogP contribution is 2.23. The minimum atomic E-state index is -0.983. The number of aliphatic imine (C=N–C) groups is 1. The van der Waals surface area contributed by atoms with Gasteiger partial charge in [0, 0.05) is 43.6 Å². The molecule has 0 fully saturated rings. The topological polar surface area (TPSA) is 77.0 Å². The maximum atomic E-state index is 10.4. The van der Waals surface area contributed by atoms with Gasteiger partial charge in [-0.2, -0.15) is 0 Å². The van der Waals surface area contributed by atoms with E-state index in [1.165, 1.54) is 5.69 Å². The normalized spacial score (nSPS) is 13.6. The number of anilines is 2. The number of allylic oxidation sites excluding steroid dienone is 1. The molecule has 3 N–H and O–H groups in total. The fourth-order valence-electron chi connectivity index (χ4n) is 3.10. The monoisotopic (exact) mass is 378 g/mol. The number of rotatable bonds is 7. The molecule has 28 heavy (non-hydrogen) atoms. The minimum Gasteiger partial charge on any atom is -0.465 e. The number of likely N-dealkylation sites (N-methyl/N-ethyl adjacent to an activating group) is 1. The molecule has 0 bridgehead atoms. The van der Waals surface area contributed by atoms with E-state index in [1.54, 1.807) is 0 Å². The molecule has 2 aromatic rings. The Balaban J connectivity index is 1.59. The molecule has 0 spiro atoms. The van der Waals surface area contributed by atoms with E-state index in [0.717, 1.165) is 48.6 Å². The Hall–Kier alpha value is -3.28. The summed E-state index contributed by atoms with van der Waals surface area (Å²) in [6.07, 6.45) is 3.92. The second-order valence-corrected chi connectivity index (χ2v) is 6.67. The molecule has 0 aromatic heterocycles. The predicted octanol–water partition coefficient (Wildman–Crippen LogP) is 3.71. The number of amides is 1. The lowest BCUT2D eigenvalue weighted by molar-refractivity contribution is 0.194. The van der Waals surface area contributed by atoms with Crippen LogP contribution in [0.25, 0.3) is 6.08 Å². The van der Waals surface area contributed by atoms with Crippen molar-refractivity contribution in [2.24, 2.45) is 4.99 Å². The molecule has 1 amide bonds. The first kappa shape index (κ1) is 19.5. The average Bonchev–Trinajstić information content (AvgIpc) is 2.86. The van der Waals surface area contributed by atoms with Gasteiger partial charge >= 0.3 is 6.09 Å². The second-order valence-electron chi connectivity index (χ2n) is 6.67. The van der Waals surface area contributed by atoms with E-state index in [9.17, 15) is 4.79 Å². The molecule has 2 aromatic carbocycles. The van der Waals surface area contributed by atoms with Gasteiger partial charge in [0.1, 0.15) is 0 Å². The fraction of sp³-hybridized carbons (Fsp3) is 0.273. The number of carbonyl (C=O) groups is 1. The Kier molecular flexibility index (Phi) is 6.68. The van der Waals surface area contributed by atoms with Crippen LogP contribution in [0.15, 0.2) is 59.6 Å². The van der Waals surface area contributed by atoms with Gasteiger partial charge in [0.25, 0.3) is 0 Å². The Morgan fingerprint density at radius 2 is 1.93 bits per heavy atom. The van der Waals surface area contributed by atoms with Crippen molar-refractivity contribution < 1.29 is 9.90 Å². The summed E-state index contributed by atoms with van der Waals surface area (Å²) < 4.78 is 0. The summed E-state index contributed by atoms with van der Waals surface area (Å²) in [6.45, 7) is 2.86. The van der Waals surface area contributed by atoms with E-state index >= 15 is 0 Å². The summed E-state index contributed by atoms with van der Waals surface area (Å²) in [7, 11) is 2.10. The zero-order valence-corrected chi connectivity index (χ0v) is 16.1. The van der Waals surface area contributed by atoms with Crippen LogP contribution in [-0.2, 0) is 0 Å². The molecule has 1 aliphatic heterocycles. The van der Waals surface area contributed by atoms with Gasteiger partial charge < -0.3 is 20.6 Å². The highest BCUT2D eigenvalue weighted by atomic mass is 16.4. The maximum absolute atomic E-state index is 10.4. The van der Waals surface area contributed by atoms with Gasteiger partial charge in [-0.05, 0) is 36.3 Å². The van der Waals surface area contributed by atoms with E-state index in [2.05, 4.69) is 65.1 Å². The highest BCUT2D eigenvalue weighted by molar-refractivity contribution is 6.14. The van der Waals surface area contributed by atoms with E-state index in [4.69, 9.17) is 10.1 Å². The third kappa shape index (κ3) is 5.36. The summed E-state index contributed by atoms with van der Waals surface area (Å²) in [6, 6.07) is 16.5. The first-order valence-electron chi connectivity index (χ1n) is 9.47. The van der Waals surface area contributed by atoms with Gasteiger partial charge in [-0.1, -0.05) is 36.4 Å². The molecule has 0 saturated carbocycles. The van der Waals surface area contributed by atoms with Crippen molar-refractivity contribution in [2.75, 3.05) is 43.4 Å². The number of hydrogen-bond donors (Lipinski definition) is 3. The third-order valence-electron chi connectivity index (χ3n) is 4.61. The van der Waals surface area contributed by atoms with E-state index < -0.39 is 6.09 Å². The number of benzene rings is 2. The van der Waals surface area contributed by atoms with E-state index in [0.29, 0.717) is 6.54 Å². The highest BCUT2D eigenvalue weighted by Gasteiger charge is 2.13. The first-order valence-corrected chi connectivity index (χ1v) is 9.47. The third-order valence-corrected chi connectivity index (χ3v) is 4.61. The molecule has 6 heteroatoms. The van der Waals surface area contributed by atoms with Gasteiger partial charge in [-0.3, -0.25) is 4.99 Å². The van der Waals surface area contributed by atoms with Gasteiger partial charge in [-0.25, -0.2) is 4.79 Å². The van der Waals surface area contributed by atoms with Gasteiger partial charge in [0.2, 0.25) is 0 Å². The second kappa shape index (κ2) is 9.60. The zero-order chi connectivity index (χ0) is 19.8. The quantitative estimate of drug-likeness (QED) is 0.642. The Bertz CT molecular complexity index is 859. The standard InChI is InChI=1S/C22H26N4O2/c1-26-16-15-24-20(19-5-2-3-6-21(19)26)12-9-17-7-10-18(11-8-17)23-13-4-14-25-22(27)28/h2-3,5-12,23,25H,4,13-16H2,1H3,(H,27,28)/b12-9+. The first-order chi connectivity index (χ1) is 13.6. The molecule has 146 valence electrons. The Morgan fingerprint density at radius 3 is 2.71 bits per heavy atom. The van der Waals surface area contributed by atoms with Crippen LogP contribution in [0.4, 0.5) is 16.2 Å². The Morgan fingerprint density at radius 1 is 1.14 bits per heavy atom.